The Morgan fingerprint density at radius 2 is 0.571 bits per heavy atom. The van der Waals surface area contributed by atoms with Crippen molar-refractivity contribution in [2.24, 2.45) is 0 Å². The van der Waals surface area contributed by atoms with Crippen LogP contribution in [0.15, 0.2) is 0 Å². The molecule has 0 amide bonds. The first-order chi connectivity index (χ1) is 0. The molecular weight excluding hydrogens is 166 g/mol. The molecule has 0 spiro atoms. The molecule has 0 aliphatic carbocycles. The van der Waals surface area contributed by atoms with Gasteiger partial charge in [-0.25, -0.2) is 0 Å². The van der Waals surface area contributed by atoms with Gasteiger partial charge in [0.05, 0.1) is 0 Å². The molecular formula is H2Cr2Li2O3. The molecule has 3 nitrogen and oxygen atoms in total. The van der Waals surface area contributed by atoms with Gasteiger partial charge in [0.1, 0.15) is 0 Å². The number of rotatable bonds is 0. The number of hydrogen-bond acceptors (Lipinski definition) is 0. The third kappa shape index (κ3) is 67.0. The third-order valence-corrected chi connectivity index (χ3v) is 0. The summed E-state index contributed by atoms with van der Waals surface area (Å²) in [6, 6.07) is 0. The van der Waals surface area contributed by atoms with Crippen LogP contribution < -0.4 is 37.7 Å². The van der Waals surface area contributed by atoms with Crippen molar-refractivity contribution in [2.45, 2.75) is 0 Å². The van der Waals surface area contributed by atoms with Crippen LogP contribution in [0.25, 0.3) is 0 Å². The summed E-state index contributed by atoms with van der Waals surface area (Å²) >= 11 is 0. The molecule has 34 valence electrons. The molecule has 7 heavy (non-hydrogen) atoms. The zero-order valence-electron chi connectivity index (χ0n) is 6.04. The van der Waals surface area contributed by atoms with Gasteiger partial charge in [0.25, 0.3) is 0 Å². The van der Waals surface area contributed by atoms with Crippen molar-refractivity contribution in [3.8, 4) is 0 Å². The van der Waals surface area contributed by atoms with E-state index in [-0.39, 0.29) is 91.7 Å². The molecule has 0 aromatic carbocycles. The maximum atomic E-state index is 0. The molecule has 0 fully saturated rings. The monoisotopic (exact) mass is 168 g/mol. The minimum Gasteiger partial charge on any atom is -2.00 e. The predicted molar refractivity (Wildman–Crippen MR) is 4.28 cm³/mol. The maximum Gasteiger partial charge on any atom is 3.00 e. The molecule has 0 saturated carbocycles. The van der Waals surface area contributed by atoms with Crippen molar-refractivity contribution in [3.05, 3.63) is 0 Å². The van der Waals surface area contributed by atoms with Gasteiger partial charge in [0, 0.05) is 0 Å². The molecule has 0 aliphatic heterocycles. The Bertz CT molecular complexity index is 17.8. The fourth-order valence-electron chi connectivity index (χ4n) is 0. The normalized spacial score (nSPS) is 0. The van der Waals surface area contributed by atoms with Crippen molar-refractivity contribution < 1.29 is 91.7 Å². The Morgan fingerprint density at radius 1 is 0.571 bits per heavy atom. The van der Waals surface area contributed by atoms with Crippen LogP contribution in [0.4, 0.5) is 0 Å². The molecule has 0 aromatic rings. The zero-order chi connectivity index (χ0) is 0. The van der Waals surface area contributed by atoms with Crippen LogP contribution in [0, 0.1) is 0 Å². The van der Waals surface area contributed by atoms with E-state index in [4.69, 9.17) is 0 Å². The Morgan fingerprint density at radius 3 is 0.571 bits per heavy atom. The first-order valence-corrected chi connectivity index (χ1v) is 0. The van der Waals surface area contributed by atoms with E-state index >= 15 is 0 Å². The SMILES string of the molecule is [Cr+3].[Cr+3].[H-].[H-].[Li+].[Li+].[O-2].[O-2].[O-2]. The van der Waals surface area contributed by atoms with Crippen LogP contribution in [0.5, 0.6) is 0 Å². The van der Waals surface area contributed by atoms with Gasteiger partial charge in [0.15, 0.2) is 0 Å². The standard InChI is InChI=1S/2Cr.2Li.3O.2H/q2*+3;2*+1;3*-2;2*-1. The van der Waals surface area contributed by atoms with Gasteiger partial charge in [-0.05, 0) is 0 Å². The Kier molecular flexibility index (Phi) is 1710. The summed E-state index contributed by atoms with van der Waals surface area (Å²) in [4.78, 5) is 0. The Balaban J connectivity index is 0. The van der Waals surface area contributed by atoms with Gasteiger partial charge >= 0.3 is 72.4 Å². The van der Waals surface area contributed by atoms with E-state index in [0.717, 1.165) is 0 Å². The first-order valence-electron chi connectivity index (χ1n) is 0. The van der Waals surface area contributed by atoms with E-state index in [0.29, 0.717) is 0 Å². The van der Waals surface area contributed by atoms with Crippen LogP contribution in [0.2, 0.25) is 0 Å². The van der Waals surface area contributed by atoms with Crippen LogP contribution in [0.3, 0.4) is 0 Å². The van der Waals surface area contributed by atoms with E-state index in [9.17, 15) is 0 Å². The molecule has 0 aromatic heterocycles. The fourth-order valence-corrected chi connectivity index (χ4v) is 0. The van der Waals surface area contributed by atoms with Crippen molar-refractivity contribution in [2.75, 3.05) is 0 Å². The molecule has 0 rings (SSSR count). The minimum atomic E-state index is 0. The fraction of sp³-hybridized carbons (Fsp3) is 0. The van der Waals surface area contributed by atoms with Gasteiger partial charge in [-0.3, -0.25) is 0 Å². The summed E-state index contributed by atoms with van der Waals surface area (Å²) in [7, 11) is 0. The molecule has 0 bridgehead atoms. The van der Waals surface area contributed by atoms with Crippen molar-refractivity contribution in [1.82, 2.24) is 0 Å². The summed E-state index contributed by atoms with van der Waals surface area (Å²) < 4.78 is 0. The van der Waals surface area contributed by atoms with E-state index < -0.39 is 0 Å². The molecule has 7 heteroatoms. The largest absolute Gasteiger partial charge is 3.00 e. The molecule has 0 atom stereocenters. The molecule has 0 saturated heterocycles. The van der Waals surface area contributed by atoms with E-state index in [2.05, 4.69) is 0 Å². The van der Waals surface area contributed by atoms with Crippen LogP contribution in [-0.2, 0) is 51.2 Å². The van der Waals surface area contributed by atoms with Crippen molar-refractivity contribution >= 4 is 0 Å². The average Bonchev–Trinajstić information content (AvgIpc) is 0. The topological polar surface area (TPSA) is 85.5 Å². The van der Waals surface area contributed by atoms with Crippen LogP contribution >= 0.6 is 0 Å². The summed E-state index contributed by atoms with van der Waals surface area (Å²) in [5, 5.41) is 0. The minimum absolute atomic E-state index is 0. The third-order valence-electron chi connectivity index (χ3n) is 0. The predicted octanol–water partition coefficient (Wildman–Crippen LogP) is -6.13. The summed E-state index contributed by atoms with van der Waals surface area (Å²) in [5.41, 5.74) is 0. The molecule has 0 N–H and O–H groups in total. The zero-order valence-corrected chi connectivity index (χ0v) is 6.59. The van der Waals surface area contributed by atoms with Crippen molar-refractivity contribution in [3.63, 3.8) is 0 Å². The van der Waals surface area contributed by atoms with Gasteiger partial charge < -0.3 is 19.3 Å². The molecule has 0 aliphatic rings. The maximum absolute atomic E-state index is 0. The van der Waals surface area contributed by atoms with Crippen LogP contribution in [0.1, 0.15) is 2.85 Å². The van der Waals surface area contributed by atoms with Crippen LogP contribution in [-0.4, -0.2) is 0 Å². The van der Waals surface area contributed by atoms with E-state index in [1.54, 1.807) is 0 Å². The molecule has 0 heterocycles. The average molecular weight is 168 g/mol. The quantitative estimate of drug-likeness (QED) is 0.322. The molecule has 0 unspecified atom stereocenters. The Labute approximate surface area is 91.1 Å². The smallest absolute Gasteiger partial charge is 2.00 e. The van der Waals surface area contributed by atoms with Gasteiger partial charge in [-0.2, -0.15) is 0 Å². The van der Waals surface area contributed by atoms with Gasteiger partial charge in [0.2, 0.25) is 0 Å². The first kappa shape index (κ1) is 132. The van der Waals surface area contributed by atoms with E-state index in [1.807, 2.05) is 0 Å². The second kappa shape index (κ2) is 90.6. The number of hydrogen-bond donors (Lipinski definition) is 0. The second-order valence-corrected chi connectivity index (χ2v) is 0. The molecule has 2 radical (unpaired) electrons. The summed E-state index contributed by atoms with van der Waals surface area (Å²) in [5.74, 6) is 0. The van der Waals surface area contributed by atoms with Gasteiger partial charge in [-0.15, -0.1) is 0 Å². The van der Waals surface area contributed by atoms with Crippen molar-refractivity contribution in [1.29, 1.82) is 0 Å². The van der Waals surface area contributed by atoms with E-state index in [1.165, 1.54) is 0 Å². The summed E-state index contributed by atoms with van der Waals surface area (Å²) in [6.45, 7) is 0. The summed E-state index contributed by atoms with van der Waals surface area (Å²) in [6.07, 6.45) is 0. The van der Waals surface area contributed by atoms with Gasteiger partial charge in [-0.1, -0.05) is 0 Å². The Hall–Kier alpha value is 2.14. The second-order valence-electron chi connectivity index (χ2n) is 0.